The molecule has 0 saturated heterocycles. The SMILES string of the molecule is Cc1nnc(Nc2ccc3ccccc3c2)c(C#N)c1C. The molecule has 0 aliphatic carbocycles. The van der Waals surface area contributed by atoms with Crippen molar-refractivity contribution >= 4 is 22.3 Å². The van der Waals surface area contributed by atoms with Gasteiger partial charge in [0.25, 0.3) is 0 Å². The molecule has 3 aromatic rings. The van der Waals surface area contributed by atoms with Gasteiger partial charge in [-0.2, -0.15) is 10.4 Å². The Bertz CT molecular complexity index is 862. The first-order valence-corrected chi connectivity index (χ1v) is 6.69. The van der Waals surface area contributed by atoms with Gasteiger partial charge in [-0.1, -0.05) is 30.3 Å². The van der Waals surface area contributed by atoms with Crippen molar-refractivity contribution < 1.29 is 0 Å². The zero-order chi connectivity index (χ0) is 14.8. The van der Waals surface area contributed by atoms with Crippen molar-refractivity contribution in [1.29, 1.82) is 5.26 Å². The third-order valence-electron chi connectivity index (χ3n) is 3.58. The minimum absolute atomic E-state index is 0.496. The highest BCUT2D eigenvalue weighted by atomic mass is 15.2. The maximum absolute atomic E-state index is 9.32. The van der Waals surface area contributed by atoms with Crippen LogP contribution in [-0.2, 0) is 0 Å². The first kappa shape index (κ1) is 13.1. The van der Waals surface area contributed by atoms with E-state index in [1.54, 1.807) is 0 Å². The van der Waals surface area contributed by atoms with Crippen LogP contribution in [0.25, 0.3) is 10.8 Å². The topological polar surface area (TPSA) is 61.6 Å². The molecular formula is C17H14N4. The molecule has 0 saturated carbocycles. The van der Waals surface area contributed by atoms with Crippen molar-refractivity contribution in [3.63, 3.8) is 0 Å². The van der Waals surface area contributed by atoms with Gasteiger partial charge >= 0.3 is 0 Å². The van der Waals surface area contributed by atoms with E-state index >= 15 is 0 Å². The van der Waals surface area contributed by atoms with Gasteiger partial charge in [-0.05, 0) is 42.3 Å². The van der Waals surface area contributed by atoms with Crippen molar-refractivity contribution in [1.82, 2.24) is 10.2 Å². The van der Waals surface area contributed by atoms with Crippen LogP contribution < -0.4 is 5.32 Å². The third-order valence-corrected chi connectivity index (χ3v) is 3.58. The molecule has 4 nitrogen and oxygen atoms in total. The van der Waals surface area contributed by atoms with E-state index in [9.17, 15) is 5.26 Å². The van der Waals surface area contributed by atoms with Gasteiger partial charge in [0.1, 0.15) is 11.6 Å². The molecule has 102 valence electrons. The molecule has 0 fully saturated rings. The molecule has 1 aromatic heterocycles. The highest BCUT2D eigenvalue weighted by Crippen LogP contribution is 2.24. The van der Waals surface area contributed by atoms with E-state index in [0.717, 1.165) is 22.3 Å². The lowest BCUT2D eigenvalue weighted by Gasteiger charge is -2.10. The summed E-state index contributed by atoms with van der Waals surface area (Å²) in [5.41, 5.74) is 3.06. The Labute approximate surface area is 123 Å². The van der Waals surface area contributed by atoms with Crippen molar-refractivity contribution in [3.8, 4) is 6.07 Å². The number of anilines is 2. The summed E-state index contributed by atoms with van der Waals surface area (Å²) in [4.78, 5) is 0. The van der Waals surface area contributed by atoms with Gasteiger partial charge in [0.15, 0.2) is 5.82 Å². The minimum Gasteiger partial charge on any atom is -0.338 e. The van der Waals surface area contributed by atoms with Crippen molar-refractivity contribution in [2.45, 2.75) is 13.8 Å². The fourth-order valence-electron chi connectivity index (χ4n) is 2.24. The highest BCUT2D eigenvalue weighted by Gasteiger charge is 2.11. The normalized spacial score (nSPS) is 10.3. The van der Waals surface area contributed by atoms with Crippen LogP contribution in [0.5, 0.6) is 0 Å². The van der Waals surface area contributed by atoms with E-state index in [-0.39, 0.29) is 0 Å². The quantitative estimate of drug-likeness (QED) is 0.770. The molecule has 0 amide bonds. The lowest BCUT2D eigenvalue weighted by Crippen LogP contribution is -2.03. The number of aryl methyl sites for hydroxylation is 1. The summed E-state index contributed by atoms with van der Waals surface area (Å²) in [6.45, 7) is 3.73. The summed E-state index contributed by atoms with van der Waals surface area (Å²) >= 11 is 0. The highest BCUT2D eigenvalue weighted by molar-refractivity contribution is 5.86. The van der Waals surface area contributed by atoms with E-state index in [4.69, 9.17) is 0 Å². The average molecular weight is 274 g/mol. The molecule has 1 heterocycles. The van der Waals surface area contributed by atoms with Crippen LogP contribution >= 0.6 is 0 Å². The number of benzene rings is 2. The number of nitriles is 1. The van der Waals surface area contributed by atoms with Crippen molar-refractivity contribution in [3.05, 3.63) is 59.3 Å². The Kier molecular flexibility index (Phi) is 3.25. The second kappa shape index (κ2) is 5.22. The summed E-state index contributed by atoms with van der Waals surface area (Å²) in [5.74, 6) is 0.496. The molecule has 0 aliphatic rings. The third kappa shape index (κ3) is 2.41. The van der Waals surface area contributed by atoms with E-state index in [0.29, 0.717) is 11.4 Å². The zero-order valence-electron chi connectivity index (χ0n) is 11.9. The maximum atomic E-state index is 9.32. The second-order valence-corrected chi connectivity index (χ2v) is 4.93. The molecule has 1 N–H and O–H groups in total. The lowest BCUT2D eigenvalue weighted by molar-refractivity contribution is 0.960. The smallest absolute Gasteiger partial charge is 0.171 e. The number of hydrogen-bond donors (Lipinski definition) is 1. The fraction of sp³-hybridized carbons (Fsp3) is 0.118. The largest absolute Gasteiger partial charge is 0.338 e. The van der Waals surface area contributed by atoms with E-state index in [2.05, 4.69) is 33.7 Å². The summed E-state index contributed by atoms with van der Waals surface area (Å²) in [7, 11) is 0. The first-order chi connectivity index (χ1) is 10.2. The van der Waals surface area contributed by atoms with Gasteiger partial charge in [0.05, 0.1) is 5.69 Å². The van der Waals surface area contributed by atoms with Crippen molar-refractivity contribution in [2.24, 2.45) is 0 Å². The molecule has 0 radical (unpaired) electrons. The van der Waals surface area contributed by atoms with Crippen LogP contribution in [0.4, 0.5) is 11.5 Å². The molecule has 0 spiro atoms. The van der Waals surface area contributed by atoms with Gasteiger partial charge in [0, 0.05) is 5.69 Å². The average Bonchev–Trinajstić information content (AvgIpc) is 2.51. The predicted molar refractivity (Wildman–Crippen MR) is 83.5 cm³/mol. The minimum atomic E-state index is 0.496. The number of rotatable bonds is 2. The van der Waals surface area contributed by atoms with Crippen LogP contribution in [0.2, 0.25) is 0 Å². The molecule has 0 bridgehead atoms. The summed E-state index contributed by atoms with van der Waals surface area (Å²) in [6, 6.07) is 16.4. The Balaban J connectivity index is 2.03. The molecule has 21 heavy (non-hydrogen) atoms. The van der Waals surface area contributed by atoms with E-state index in [1.807, 2.05) is 44.2 Å². The van der Waals surface area contributed by atoms with Crippen LogP contribution in [0.15, 0.2) is 42.5 Å². The van der Waals surface area contributed by atoms with Gasteiger partial charge < -0.3 is 5.32 Å². The number of aromatic nitrogens is 2. The Morgan fingerprint density at radius 2 is 1.76 bits per heavy atom. The summed E-state index contributed by atoms with van der Waals surface area (Å²) < 4.78 is 0. The van der Waals surface area contributed by atoms with Crippen LogP contribution in [0.1, 0.15) is 16.8 Å². The van der Waals surface area contributed by atoms with Crippen LogP contribution in [0.3, 0.4) is 0 Å². The van der Waals surface area contributed by atoms with Crippen molar-refractivity contribution in [2.75, 3.05) is 5.32 Å². The molecular weight excluding hydrogens is 260 g/mol. The number of hydrogen-bond acceptors (Lipinski definition) is 4. The van der Waals surface area contributed by atoms with Gasteiger partial charge in [-0.3, -0.25) is 0 Å². The lowest BCUT2D eigenvalue weighted by atomic mass is 10.1. The molecule has 0 unspecified atom stereocenters. The number of fused-ring (bicyclic) bond motifs is 1. The molecule has 0 atom stereocenters. The van der Waals surface area contributed by atoms with E-state index < -0.39 is 0 Å². The number of nitrogens with one attached hydrogen (secondary N) is 1. The van der Waals surface area contributed by atoms with Gasteiger partial charge in [-0.15, -0.1) is 5.10 Å². The molecule has 2 aromatic carbocycles. The van der Waals surface area contributed by atoms with Gasteiger partial charge in [-0.25, -0.2) is 0 Å². The van der Waals surface area contributed by atoms with Crippen LogP contribution in [0, 0.1) is 25.2 Å². The van der Waals surface area contributed by atoms with Crippen LogP contribution in [-0.4, -0.2) is 10.2 Å². The summed E-state index contributed by atoms with van der Waals surface area (Å²) in [6.07, 6.45) is 0. The molecule has 4 heteroatoms. The molecule has 3 rings (SSSR count). The Morgan fingerprint density at radius 1 is 1.00 bits per heavy atom. The predicted octanol–water partition coefficient (Wildman–Crippen LogP) is 3.86. The standard InChI is InChI=1S/C17H14N4/c1-11-12(2)20-21-17(16(11)10-18)19-15-8-7-13-5-3-4-6-14(13)9-15/h3-9H,1-2H3,(H,19,21). The number of nitrogens with zero attached hydrogens (tertiary/aromatic N) is 3. The summed E-state index contributed by atoms with van der Waals surface area (Å²) in [5, 5.41) is 23.0. The van der Waals surface area contributed by atoms with Gasteiger partial charge in [0.2, 0.25) is 0 Å². The Morgan fingerprint density at radius 3 is 2.52 bits per heavy atom. The fourth-order valence-corrected chi connectivity index (χ4v) is 2.24. The van der Waals surface area contributed by atoms with E-state index in [1.165, 1.54) is 5.39 Å². The monoisotopic (exact) mass is 274 g/mol. The second-order valence-electron chi connectivity index (χ2n) is 4.93. The zero-order valence-corrected chi connectivity index (χ0v) is 11.9. The molecule has 0 aliphatic heterocycles. The Hall–Kier alpha value is -2.93. The first-order valence-electron chi connectivity index (χ1n) is 6.69. The maximum Gasteiger partial charge on any atom is 0.171 e.